The van der Waals surface area contributed by atoms with Gasteiger partial charge in [0, 0.05) is 68.5 Å². The first kappa shape index (κ1) is 105. The van der Waals surface area contributed by atoms with Gasteiger partial charge in [-0.1, -0.05) is 63.4 Å². The molecule has 616 valence electrons. The van der Waals surface area contributed by atoms with Crippen molar-refractivity contribution in [2.24, 2.45) is 5.73 Å². The molecule has 8 unspecified atom stereocenters. The van der Waals surface area contributed by atoms with Crippen LogP contribution in [0.4, 0.5) is 5.69 Å². The van der Waals surface area contributed by atoms with E-state index < -0.39 is 36.0 Å². The zero-order valence-electron chi connectivity index (χ0n) is 64.8. The maximum Gasteiger partial charge on any atom is 0.243 e. The van der Waals surface area contributed by atoms with E-state index in [0.717, 1.165) is 63.5 Å². The largest absolute Gasteiger partial charge is 0.379 e. The zero-order valence-corrected chi connectivity index (χ0v) is 69.1. The Kier molecular flexibility index (Phi) is 66.2. The number of carbonyl (C=O) groups is 14. The third kappa shape index (κ3) is 56.2. The SMILES string of the molecule is CCC(=O)NCC(=O)NC(CS)C(=O)NCCCCC(NC)C(C)=O.CCC(=O)NCC(=O)NC(CS)C(=O)NCCCCC(NC)C(C)=O.CCC(=S)NNCC(=O)NC(CS)C(=O)NCCCCC(NC)C(C)=O.CNC(CCCCNC(=O)C(CN)NC(=O)CNNC(=S)CNc1ccccc1)C(C)=O. The standard InChI is InChI=1S/C21H35N7O3S.C16H31N5O3S2.2C16H30N4O4S/c1-15(29)17(23-2)10-6-7-11-24-21(31)18(12-22)27-19(30)13-26-28-20(32)14-25-16-8-4-3-5-9-16;1-4-15(26)21-19-9-14(23)20-13(10-25)16(24)18-8-6-5-7-12(17-3)11(2)22;2*1-4-14(22)19-9-15(23)20-13(10-25)16(24)18-8-6-5-7-12(17-3)11(2)21/h3-5,8-9,17-18,23,25-26H,6-7,10-14,22H2,1-2H3,(H,24,31)(H,27,30)(H,28,32);12-13,17,19,25H,4-10H2,1-3H3,(H,18,24)(H,20,23)(H,21,26);2*12-13,17,25H,4-10H2,1-3H3,(H,18,24)(H,19,22)(H,20,23). The van der Waals surface area contributed by atoms with Gasteiger partial charge in [0.25, 0.3) is 0 Å². The van der Waals surface area contributed by atoms with E-state index in [1.54, 1.807) is 69.7 Å². The lowest BCUT2D eigenvalue weighted by atomic mass is 10.1. The highest BCUT2D eigenvalue weighted by Crippen LogP contribution is 2.07. The monoisotopic (exact) mass is 1620 g/mol. The van der Waals surface area contributed by atoms with E-state index in [2.05, 4.69) is 139 Å². The zero-order chi connectivity index (χ0) is 82.2. The normalized spacial score (nSPS) is 12.7. The second-order valence-electron chi connectivity index (χ2n) is 24.4. The molecule has 0 saturated carbocycles. The average Bonchev–Trinajstić information content (AvgIpc) is 0.933. The molecular weight excluding hydrogens is 1490 g/mol. The van der Waals surface area contributed by atoms with E-state index in [1.807, 2.05) is 37.3 Å². The second kappa shape index (κ2) is 68.0. The van der Waals surface area contributed by atoms with Crippen LogP contribution in [-0.2, 0) is 67.1 Å². The van der Waals surface area contributed by atoms with Crippen LogP contribution in [0.15, 0.2) is 30.3 Å². The van der Waals surface area contributed by atoms with Crippen LogP contribution >= 0.6 is 62.3 Å². The van der Waals surface area contributed by atoms with Crippen molar-refractivity contribution in [1.29, 1.82) is 0 Å². The van der Waals surface area contributed by atoms with Gasteiger partial charge in [-0.2, -0.15) is 37.9 Å². The number of thiocarbonyl (C=S) groups is 2. The molecule has 21 N–H and O–H groups in total. The van der Waals surface area contributed by atoms with Crippen LogP contribution in [0, 0.1) is 0 Å². The number of carbonyl (C=O) groups excluding carboxylic acids is 14. The first-order valence-corrected chi connectivity index (χ1v) is 39.0. The number of unbranched alkanes of at least 4 members (excludes halogenated alkanes) is 4. The van der Waals surface area contributed by atoms with E-state index in [4.69, 9.17) is 30.2 Å². The Bertz CT molecular complexity index is 2780. The summed E-state index contributed by atoms with van der Waals surface area (Å²) in [6, 6.07) is 5.96. The molecule has 0 aromatic heterocycles. The molecule has 108 heavy (non-hydrogen) atoms. The Morgan fingerprint density at radius 3 is 0.917 bits per heavy atom. The molecule has 0 aliphatic carbocycles. The minimum absolute atomic E-state index is 0.00580. The number of hydrogen-bond acceptors (Lipinski definition) is 27. The van der Waals surface area contributed by atoms with E-state index in [-0.39, 0.29) is 145 Å². The van der Waals surface area contributed by atoms with Crippen molar-refractivity contribution >= 4 is 160 Å². The number of amides is 10. The predicted octanol–water partition coefficient (Wildman–Crippen LogP) is -2.10. The van der Waals surface area contributed by atoms with Gasteiger partial charge >= 0.3 is 0 Å². The van der Waals surface area contributed by atoms with Crippen molar-refractivity contribution in [3.63, 3.8) is 0 Å². The quantitative estimate of drug-likeness (QED) is 0.0144. The first-order valence-electron chi connectivity index (χ1n) is 36.3. The molecular formula is C69H126N20O14S5. The Hall–Kier alpha value is -7.05. The van der Waals surface area contributed by atoms with Gasteiger partial charge in [0.1, 0.15) is 52.3 Å². The molecule has 8 atom stereocenters. The van der Waals surface area contributed by atoms with Crippen molar-refractivity contribution < 1.29 is 67.1 Å². The fourth-order valence-corrected chi connectivity index (χ4v) is 10.1. The van der Waals surface area contributed by atoms with Crippen LogP contribution in [-0.4, -0.2) is 251 Å². The van der Waals surface area contributed by atoms with Gasteiger partial charge in [-0.25, -0.2) is 10.9 Å². The minimum atomic E-state index is -0.821. The molecule has 0 spiro atoms. The first-order chi connectivity index (χ1) is 51.4. The number of ketones is 4. The number of rotatable bonds is 56. The molecule has 0 bridgehead atoms. The third-order valence-corrected chi connectivity index (χ3v) is 17.4. The summed E-state index contributed by atoms with van der Waals surface area (Å²) in [7, 11) is 7.00. The number of likely N-dealkylation sites (N-methyl/N-ethyl adjacent to an activating group) is 4. The van der Waals surface area contributed by atoms with E-state index in [0.29, 0.717) is 81.2 Å². The van der Waals surface area contributed by atoms with Crippen LogP contribution < -0.4 is 107 Å². The lowest BCUT2D eigenvalue weighted by Crippen LogP contribution is -2.54. The molecule has 0 aliphatic heterocycles. The number of nitrogens with two attached hydrogens (primary N) is 1. The summed E-state index contributed by atoms with van der Waals surface area (Å²) in [6.07, 6.45) is 10.3. The summed E-state index contributed by atoms with van der Waals surface area (Å²) in [4.78, 5) is 164. The van der Waals surface area contributed by atoms with Gasteiger partial charge in [-0.15, -0.1) is 0 Å². The Morgan fingerprint density at radius 1 is 0.361 bits per heavy atom. The van der Waals surface area contributed by atoms with Crippen LogP contribution in [0.2, 0.25) is 0 Å². The van der Waals surface area contributed by atoms with Gasteiger partial charge < -0.3 is 96.3 Å². The van der Waals surface area contributed by atoms with Crippen molar-refractivity contribution in [3.8, 4) is 0 Å². The molecule has 1 aromatic carbocycles. The van der Waals surface area contributed by atoms with Gasteiger partial charge in [-0.3, -0.25) is 67.1 Å². The highest BCUT2D eigenvalue weighted by molar-refractivity contribution is 7.81. The maximum atomic E-state index is 12.2. The summed E-state index contributed by atoms with van der Waals surface area (Å²) in [5.74, 6) is -2.39. The topological polar surface area (TPSA) is 494 Å². The number of hydrogen-bond donors (Lipinski definition) is 23. The summed E-state index contributed by atoms with van der Waals surface area (Å²) in [5, 5.41) is 41.2. The number of anilines is 1. The molecule has 0 fully saturated rings. The smallest absolute Gasteiger partial charge is 0.243 e. The number of hydrazine groups is 2. The highest BCUT2D eigenvalue weighted by Gasteiger charge is 2.24. The predicted molar refractivity (Wildman–Crippen MR) is 439 cm³/mol. The summed E-state index contributed by atoms with van der Waals surface area (Å²) in [5.41, 5.74) is 17.5. The molecule has 1 aromatic rings. The molecule has 34 nitrogen and oxygen atoms in total. The maximum absolute atomic E-state index is 12.2. The molecule has 0 radical (unpaired) electrons. The average molecular weight is 1620 g/mol. The lowest BCUT2D eigenvalue weighted by Gasteiger charge is -2.18. The van der Waals surface area contributed by atoms with Crippen molar-refractivity contribution in [2.75, 3.05) is 116 Å². The van der Waals surface area contributed by atoms with Crippen molar-refractivity contribution in [2.45, 2.75) is 193 Å². The van der Waals surface area contributed by atoms with Crippen molar-refractivity contribution in [1.82, 2.24) is 96.1 Å². The molecule has 0 saturated heterocycles. The summed E-state index contributed by atoms with van der Waals surface area (Å²) in [6.45, 7) is 13.3. The van der Waals surface area contributed by atoms with Crippen LogP contribution in [0.1, 0.15) is 145 Å². The fraction of sp³-hybridized carbons (Fsp3) is 0.681. The molecule has 0 heterocycles. The third-order valence-electron chi connectivity index (χ3n) is 15.7. The molecule has 1 rings (SSSR count). The van der Waals surface area contributed by atoms with Gasteiger partial charge in [0.2, 0.25) is 59.1 Å². The minimum Gasteiger partial charge on any atom is -0.379 e. The number of Topliss-reactive ketones (excluding diaryl/α,β-unsaturated/α-hetero) is 4. The number of benzene rings is 1. The molecule has 0 aliphatic rings. The van der Waals surface area contributed by atoms with Gasteiger partial charge in [-0.05, 0) is 151 Å². The Balaban J connectivity index is -0.00000137. The molecule has 10 amide bonds. The van der Waals surface area contributed by atoms with E-state index >= 15 is 0 Å². The van der Waals surface area contributed by atoms with Crippen molar-refractivity contribution in [3.05, 3.63) is 30.3 Å². The summed E-state index contributed by atoms with van der Waals surface area (Å²) < 4.78 is 0. The Morgan fingerprint density at radius 2 is 0.648 bits per heavy atom. The second-order valence-corrected chi connectivity index (χ2v) is 26.4. The lowest BCUT2D eigenvalue weighted by molar-refractivity contribution is -0.129. The van der Waals surface area contributed by atoms with Crippen LogP contribution in [0.3, 0.4) is 0 Å². The number of nitrogens with one attached hydrogen (secondary N) is 19. The number of para-hydroxylation sites is 1. The fourth-order valence-electron chi connectivity index (χ4n) is 9.16. The Labute approximate surface area is 665 Å². The van der Waals surface area contributed by atoms with Gasteiger partial charge in [0.15, 0.2) is 0 Å². The van der Waals surface area contributed by atoms with Crippen LogP contribution in [0.25, 0.3) is 0 Å². The van der Waals surface area contributed by atoms with E-state index in [9.17, 15) is 67.1 Å². The van der Waals surface area contributed by atoms with Crippen LogP contribution in [0.5, 0.6) is 0 Å². The highest BCUT2D eigenvalue weighted by atomic mass is 32.1. The van der Waals surface area contributed by atoms with E-state index in [1.165, 1.54) is 0 Å². The summed E-state index contributed by atoms with van der Waals surface area (Å²) >= 11 is 22.4. The van der Waals surface area contributed by atoms with Gasteiger partial charge in [0.05, 0.1) is 61.9 Å². The molecule has 39 heteroatoms. The number of thiol groups is 3.